The Balaban J connectivity index is 2.01. The van der Waals surface area contributed by atoms with Crippen LogP contribution in [-0.2, 0) is 9.53 Å². The van der Waals surface area contributed by atoms with Gasteiger partial charge in [0.15, 0.2) is 0 Å². The lowest BCUT2D eigenvalue weighted by molar-refractivity contribution is -0.117. The van der Waals surface area contributed by atoms with Gasteiger partial charge in [-0.2, -0.15) is 0 Å². The van der Waals surface area contributed by atoms with E-state index in [1.807, 2.05) is 0 Å². The first-order valence-corrected chi connectivity index (χ1v) is 4.76. The molecule has 0 aromatic rings. The van der Waals surface area contributed by atoms with Crippen molar-refractivity contribution in [1.29, 1.82) is 0 Å². The Morgan fingerprint density at radius 3 is 2.58 bits per heavy atom. The van der Waals surface area contributed by atoms with Gasteiger partial charge in [0.05, 0.1) is 12.2 Å². The minimum Gasteiger partial charge on any atom is -0.369 e. The first-order chi connectivity index (χ1) is 5.61. The minimum atomic E-state index is 0.289. The van der Waals surface area contributed by atoms with Crippen LogP contribution in [0.2, 0.25) is 0 Å². The summed E-state index contributed by atoms with van der Waals surface area (Å²) < 4.78 is 5.45. The van der Waals surface area contributed by atoms with Crippen LogP contribution in [-0.4, -0.2) is 18.0 Å². The molecule has 0 aromatic carbocycles. The monoisotopic (exact) mass is 170 g/mol. The summed E-state index contributed by atoms with van der Waals surface area (Å²) in [5.41, 5.74) is 0. The zero-order chi connectivity index (χ0) is 9.14. The molecule has 12 heavy (non-hydrogen) atoms. The van der Waals surface area contributed by atoms with Crippen molar-refractivity contribution in [1.82, 2.24) is 0 Å². The van der Waals surface area contributed by atoms with Crippen LogP contribution in [0.25, 0.3) is 0 Å². The van der Waals surface area contributed by atoms with Crippen molar-refractivity contribution in [3.05, 3.63) is 0 Å². The van der Waals surface area contributed by atoms with Crippen molar-refractivity contribution in [2.24, 2.45) is 5.92 Å². The van der Waals surface area contributed by atoms with Crippen molar-refractivity contribution in [3.8, 4) is 0 Å². The molecule has 0 aromatic heterocycles. The number of carbonyl (C=O) groups excluding carboxylic acids is 1. The van der Waals surface area contributed by atoms with Gasteiger partial charge in [-0.1, -0.05) is 13.8 Å². The molecule has 0 bridgehead atoms. The van der Waals surface area contributed by atoms with E-state index in [4.69, 9.17) is 4.74 Å². The molecule has 1 heterocycles. The van der Waals surface area contributed by atoms with Gasteiger partial charge in [0, 0.05) is 6.42 Å². The van der Waals surface area contributed by atoms with Gasteiger partial charge in [-0.3, -0.25) is 0 Å². The number of ketones is 1. The molecule has 1 aliphatic rings. The van der Waals surface area contributed by atoms with Gasteiger partial charge >= 0.3 is 0 Å². The summed E-state index contributed by atoms with van der Waals surface area (Å²) >= 11 is 0. The van der Waals surface area contributed by atoms with E-state index in [2.05, 4.69) is 13.8 Å². The lowest BCUT2D eigenvalue weighted by atomic mass is 10.0. The third kappa shape index (κ3) is 2.94. The van der Waals surface area contributed by atoms with Crippen LogP contribution in [0.3, 0.4) is 0 Å². The highest BCUT2D eigenvalue weighted by Gasteiger charge is 2.39. The number of Topliss-reactive ketones (excluding diaryl/α,β-unsaturated/α-hetero) is 1. The van der Waals surface area contributed by atoms with E-state index in [1.165, 1.54) is 0 Å². The molecule has 2 heteroatoms. The Hall–Kier alpha value is -0.370. The van der Waals surface area contributed by atoms with E-state index >= 15 is 0 Å². The fourth-order valence-electron chi connectivity index (χ4n) is 1.53. The van der Waals surface area contributed by atoms with Gasteiger partial charge in [0.1, 0.15) is 5.78 Å². The van der Waals surface area contributed by atoms with Gasteiger partial charge in [-0.25, -0.2) is 0 Å². The maximum Gasteiger partial charge on any atom is 0.129 e. The quantitative estimate of drug-likeness (QED) is 0.592. The molecule has 0 spiro atoms. The van der Waals surface area contributed by atoms with Crippen LogP contribution in [0.4, 0.5) is 0 Å². The van der Waals surface area contributed by atoms with E-state index in [0.29, 0.717) is 24.5 Å². The number of epoxide rings is 1. The fraction of sp³-hybridized carbons (Fsp3) is 0.900. The molecule has 0 unspecified atom stereocenters. The van der Waals surface area contributed by atoms with Crippen molar-refractivity contribution in [3.63, 3.8) is 0 Å². The second-order valence-electron chi connectivity index (χ2n) is 3.98. The third-order valence-electron chi connectivity index (χ3n) is 2.30. The summed E-state index contributed by atoms with van der Waals surface area (Å²) in [5, 5.41) is 0. The molecule has 1 fully saturated rings. The fourth-order valence-corrected chi connectivity index (χ4v) is 1.53. The first kappa shape index (κ1) is 9.72. The lowest BCUT2D eigenvalue weighted by Crippen LogP contribution is -2.02. The van der Waals surface area contributed by atoms with E-state index in [9.17, 15) is 4.79 Å². The zero-order valence-corrected chi connectivity index (χ0v) is 8.17. The van der Waals surface area contributed by atoms with Crippen molar-refractivity contribution >= 4 is 5.78 Å². The molecule has 1 rings (SSSR count). The largest absolute Gasteiger partial charge is 0.369 e. The van der Waals surface area contributed by atoms with Gasteiger partial charge < -0.3 is 9.53 Å². The number of ether oxygens (including phenoxy) is 1. The Morgan fingerprint density at radius 1 is 1.50 bits per heavy atom. The Labute approximate surface area is 74.3 Å². The van der Waals surface area contributed by atoms with E-state index in [1.54, 1.807) is 6.92 Å². The zero-order valence-electron chi connectivity index (χ0n) is 8.17. The Morgan fingerprint density at radius 2 is 2.17 bits per heavy atom. The summed E-state index contributed by atoms with van der Waals surface area (Å²) in [7, 11) is 0. The Bertz CT molecular complexity index is 163. The molecule has 0 radical (unpaired) electrons. The number of carbonyl (C=O) groups is 1. The van der Waals surface area contributed by atoms with E-state index < -0.39 is 0 Å². The predicted molar refractivity (Wildman–Crippen MR) is 48.0 cm³/mol. The minimum absolute atomic E-state index is 0.289. The maximum absolute atomic E-state index is 10.6. The van der Waals surface area contributed by atoms with E-state index in [-0.39, 0.29) is 5.78 Å². The molecular formula is C10H18O2. The van der Waals surface area contributed by atoms with Crippen molar-refractivity contribution < 1.29 is 9.53 Å². The second kappa shape index (κ2) is 4.04. The topological polar surface area (TPSA) is 29.6 Å². The molecule has 70 valence electrons. The summed E-state index contributed by atoms with van der Waals surface area (Å²) in [6.07, 6.45) is 3.68. The number of rotatable bonds is 5. The molecule has 1 saturated heterocycles. The van der Waals surface area contributed by atoms with Crippen LogP contribution < -0.4 is 0 Å². The number of hydrogen-bond acceptors (Lipinski definition) is 2. The summed E-state index contributed by atoms with van der Waals surface area (Å²) in [6, 6.07) is 0. The SMILES string of the molecule is CC(=O)CCC[C@H]1O[C@@H]1C(C)C. The smallest absolute Gasteiger partial charge is 0.129 e. The highest BCUT2D eigenvalue weighted by atomic mass is 16.6. The molecule has 0 N–H and O–H groups in total. The molecule has 0 aliphatic carbocycles. The Kier molecular flexibility index (Phi) is 3.27. The van der Waals surface area contributed by atoms with Gasteiger partial charge in [0.25, 0.3) is 0 Å². The average Bonchev–Trinajstić information content (AvgIpc) is 2.66. The standard InChI is InChI=1S/C10H18O2/c1-7(2)10-9(12-10)6-4-5-8(3)11/h7,9-10H,4-6H2,1-3H3/t9-,10-/m1/s1. The van der Waals surface area contributed by atoms with Crippen molar-refractivity contribution in [2.75, 3.05) is 0 Å². The molecule has 1 aliphatic heterocycles. The van der Waals surface area contributed by atoms with Gasteiger partial charge in [-0.15, -0.1) is 0 Å². The molecule has 0 amide bonds. The summed E-state index contributed by atoms with van der Waals surface area (Å²) in [6.45, 7) is 6.00. The third-order valence-corrected chi connectivity index (χ3v) is 2.30. The van der Waals surface area contributed by atoms with Gasteiger partial charge in [0.2, 0.25) is 0 Å². The summed E-state index contributed by atoms with van der Waals surface area (Å²) in [5.74, 6) is 0.920. The van der Waals surface area contributed by atoms with Crippen LogP contribution in [0.15, 0.2) is 0 Å². The van der Waals surface area contributed by atoms with Crippen LogP contribution in [0.5, 0.6) is 0 Å². The molecular weight excluding hydrogens is 152 g/mol. The van der Waals surface area contributed by atoms with Crippen LogP contribution in [0.1, 0.15) is 40.0 Å². The maximum atomic E-state index is 10.6. The number of hydrogen-bond donors (Lipinski definition) is 0. The normalized spacial score (nSPS) is 27.7. The van der Waals surface area contributed by atoms with Crippen LogP contribution in [0, 0.1) is 5.92 Å². The molecule has 2 atom stereocenters. The molecule has 2 nitrogen and oxygen atoms in total. The average molecular weight is 170 g/mol. The lowest BCUT2D eigenvalue weighted by Gasteiger charge is -1.97. The predicted octanol–water partition coefficient (Wildman–Crippen LogP) is 2.17. The highest BCUT2D eigenvalue weighted by Crippen LogP contribution is 2.32. The van der Waals surface area contributed by atoms with Crippen molar-refractivity contribution in [2.45, 2.75) is 52.2 Å². The second-order valence-corrected chi connectivity index (χ2v) is 3.98. The molecule has 0 saturated carbocycles. The van der Waals surface area contributed by atoms with E-state index in [0.717, 1.165) is 12.8 Å². The first-order valence-electron chi connectivity index (χ1n) is 4.76. The van der Waals surface area contributed by atoms with Gasteiger partial charge in [-0.05, 0) is 25.7 Å². The summed E-state index contributed by atoms with van der Waals surface area (Å²) in [4.78, 5) is 10.6. The van der Waals surface area contributed by atoms with Crippen LogP contribution >= 0.6 is 0 Å². The highest BCUT2D eigenvalue weighted by molar-refractivity contribution is 5.75.